The van der Waals surface area contributed by atoms with Crippen molar-refractivity contribution >= 4 is 28.7 Å². The summed E-state index contributed by atoms with van der Waals surface area (Å²) in [7, 11) is 0. The lowest BCUT2D eigenvalue weighted by atomic mass is 9.78. The van der Waals surface area contributed by atoms with Crippen LogP contribution in [0.15, 0.2) is 85.3 Å². The van der Waals surface area contributed by atoms with Crippen LogP contribution in [-0.4, -0.2) is 67.3 Å². The number of carbonyl (C=O) groups excluding carboxylic acids is 1. The number of aliphatic carboxylic acids is 1. The number of ether oxygens (including phenoxy) is 2. The second-order valence-electron chi connectivity index (χ2n) is 17.6. The van der Waals surface area contributed by atoms with E-state index in [2.05, 4.69) is 29.7 Å². The number of carboxylic acids is 1. The van der Waals surface area contributed by atoms with Crippen LogP contribution in [-0.2, 0) is 22.3 Å². The minimum absolute atomic E-state index is 0.0420. The highest BCUT2D eigenvalue weighted by molar-refractivity contribution is 6.00. The van der Waals surface area contributed by atoms with Crippen LogP contribution in [0.5, 0.6) is 5.75 Å². The van der Waals surface area contributed by atoms with Gasteiger partial charge in [0.05, 0.1) is 29.5 Å². The molecule has 2 N–H and O–H groups in total. The Morgan fingerprint density at radius 2 is 1.66 bits per heavy atom. The molecule has 0 radical (unpaired) electrons. The first kappa shape index (κ1) is 40.9. The van der Waals surface area contributed by atoms with Crippen LogP contribution in [0.1, 0.15) is 98.8 Å². The Bertz CT molecular complexity index is 2360. The summed E-state index contributed by atoms with van der Waals surface area (Å²) in [6.45, 7) is 4.06. The van der Waals surface area contributed by atoms with E-state index in [9.17, 15) is 27.9 Å². The molecule has 3 saturated carbocycles. The molecule has 11 nitrogen and oxygen atoms in total. The SMILES string of the molecule is CC1CC2CC(C1)C(NC(=O)c1ccc(-c3cn(C4CCC(OCc5ccccc5)CC4)c4cc(OC5CCN(c6ncccn6)CC5)ccc34)nc1C(F)(F)F)(C(=O)O)C2. The van der Waals surface area contributed by atoms with Gasteiger partial charge in [0.15, 0.2) is 5.69 Å². The van der Waals surface area contributed by atoms with Gasteiger partial charge in [-0.15, -0.1) is 0 Å². The monoisotopic (exact) mass is 836 g/mol. The lowest BCUT2D eigenvalue weighted by Gasteiger charge is -2.33. The molecule has 4 aliphatic rings. The average Bonchev–Trinajstić information content (AvgIpc) is 3.77. The number of benzene rings is 2. The number of nitrogens with zero attached hydrogens (tertiary/aromatic N) is 5. The predicted molar refractivity (Wildman–Crippen MR) is 223 cm³/mol. The minimum Gasteiger partial charge on any atom is -0.490 e. The van der Waals surface area contributed by atoms with Gasteiger partial charge in [0.25, 0.3) is 5.91 Å². The van der Waals surface area contributed by atoms with Gasteiger partial charge in [-0.2, -0.15) is 13.2 Å². The number of amides is 1. The maximum absolute atomic E-state index is 14.9. The Kier molecular flexibility index (Phi) is 11.2. The highest BCUT2D eigenvalue weighted by Gasteiger charge is 2.56. The number of halogens is 3. The van der Waals surface area contributed by atoms with Crippen LogP contribution in [0.4, 0.5) is 19.1 Å². The van der Waals surface area contributed by atoms with Crippen molar-refractivity contribution < 1.29 is 37.3 Å². The summed E-state index contributed by atoms with van der Waals surface area (Å²) in [4.78, 5) is 41.6. The van der Waals surface area contributed by atoms with Gasteiger partial charge in [0.2, 0.25) is 5.95 Å². The molecule has 320 valence electrons. The molecule has 4 unspecified atom stereocenters. The summed E-state index contributed by atoms with van der Waals surface area (Å²) in [5.41, 5.74) is -1.17. The first-order chi connectivity index (χ1) is 29.4. The quantitative estimate of drug-likeness (QED) is 0.134. The predicted octanol–water partition coefficient (Wildman–Crippen LogP) is 9.27. The number of hydrogen-bond donors (Lipinski definition) is 2. The molecule has 1 aliphatic heterocycles. The van der Waals surface area contributed by atoms with Crippen molar-refractivity contribution in [1.82, 2.24) is 24.8 Å². The molecule has 3 aliphatic carbocycles. The molecule has 5 aromatic rings. The Balaban J connectivity index is 1.00. The molecular formula is C47H51F3N6O5. The van der Waals surface area contributed by atoms with E-state index >= 15 is 0 Å². The summed E-state index contributed by atoms with van der Waals surface area (Å²) in [5.74, 6) is -0.912. The summed E-state index contributed by atoms with van der Waals surface area (Å²) in [5, 5.41) is 13.7. The first-order valence-corrected chi connectivity index (χ1v) is 21.6. The van der Waals surface area contributed by atoms with Crippen molar-refractivity contribution in [3.8, 4) is 17.0 Å². The summed E-state index contributed by atoms with van der Waals surface area (Å²) < 4.78 is 59.8. The van der Waals surface area contributed by atoms with Crippen LogP contribution in [0, 0.1) is 17.8 Å². The van der Waals surface area contributed by atoms with E-state index < -0.39 is 34.8 Å². The van der Waals surface area contributed by atoms with Crippen molar-refractivity contribution in [2.24, 2.45) is 17.8 Å². The highest BCUT2D eigenvalue weighted by Crippen LogP contribution is 2.51. The molecule has 3 aromatic heterocycles. The van der Waals surface area contributed by atoms with E-state index in [4.69, 9.17) is 9.47 Å². The van der Waals surface area contributed by atoms with E-state index in [0.29, 0.717) is 42.1 Å². The van der Waals surface area contributed by atoms with E-state index in [-0.39, 0.29) is 48.1 Å². The zero-order valence-electron chi connectivity index (χ0n) is 34.2. The number of fused-ring (bicyclic) bond motifs is 3. The van der Waals surface area contributed by atoms with Gasteiger partial charge in [-0.25, -0.2) is 19.7 Å². The van der Waals surface area contributed by atoms with Crippen LogP contribution in [0.25, 0.3) is 22.2 Å². The van der Waals surface area contributed by atoms with E-state index in [1.54, 1.807) is 18.5 Å². The number of carboxylic acid groups (broad SMARTS) is 1. The van der Waals surface area contributed by atoms with Crippen LogP contribution in [0.3, 0.4) is 0 Å². The van der Waals surface area contributed by atoms with Crippen molar-refractivity contribution in [3.63, 3.8) is 0 Å². The van der Waals surface area contributed by atoms with Crippen molar-refractivity contribution in [1.29, 1.82) is 0 Å². The second kappa shape index (κ2) is 16.8. The molecule has 61 heavy (non-hydrogen) atoms. The summed E-state index contributed by atoms with van der Waals surface area (Å²) >= 11 is 0. The number of aromatic nitrogens is 4. The summed E-state index contributed by atoms with van der Waals surface area (Å²) in [6.07, 6.45) is 7.46. The fourth-order valence-corrected chi connectivity index (χ4v) is 10.6. The van der Waals surface area contributed by atoms with Gasteiger partial charge >= 0.3 is 12.1 Å². The first-order valence-electron chi connectivity index (χ1n) is 21.6. The Hall–Kier alpha value is -5.50. The van der Waals surface area contributed by atoms with E-state index in [0.717, 1.165) is 75.2 Å². The van der Waals surface area contributed by atoms with Crippen molar-refractivity contribution in [3.05, 3.63) is 102 Å². The number of nitrogens with one attached hydrogen (secondary N) is 1. The smallest absolute Gasteiger partial charge is 0.434 e. The van der Waals surface area contributed by atoms with Crippen LogP contribution >= 0.6 is 0 Å². The van der Waals surface area contributed by atoms with Crippen molar-refractivity contribution in [2.75, 3.05) is 18.0 Å². The number of pyridine rings is 1. The number of carbonyl (C=O) groups is 2. The number of hydrogen-bond acceptors (Lipinski definition) is 8. The molecule has 4 fully saturated rings. The van der Waals surface area contributed by atoms with Crippen molar-refractivity contribution in [2.45, 2.75) is 108 Å². The van der Waals surface area contributed by atoms with Crippen LogP contribution < -0.4 is 15.0 Å². The van der Waals surface area contributed by atoms with Gasteiger partial charge in [0, 0.05) is 67.6 Å². The lowest BCUT2D eigenvalue weighted by Crippen LogP contribution is -2.57. The van der Waals surface area contributed by atoms with Gasteiger partial charge in [0.1, 0.15) is 17.4 Å². The minimum atomic E-state index is -4.99. The van der Waals surface area contributed by atoms with Gasteiger partial charge in [-0.1, -0.05) is 37.3 Å². The highest BCUT2D eigenvalue weighted by atomic mass is 19.4. The maximum Gasteiger partial charge on any atom is 0.434 e. The Morgan fingerprint density at radius 1 is 0.902 bits per heavy atom. The molecule has 14 heteroatoms. The molecule has 1 amide bonds. The third-order valence-electron chi connectivity index (χ3n) is 13.5. The van der Waals surface area contributed by atoms with Gasteiger partial charge < -0.3 is 29.4 Å². The molecule has 0 spiro atoms. The van der Waals surface area contributed by atoms with Crippen LogP contribution in [0.2, 0.25) is 0 Å². The van der Waals surface area contributed by atoms with Gasteiger partial charge in [-0.3, -0.25) is 4.79 Å². The fourth-order valence-electron chi connectivity index (χ4n) is 10.6. The lowest BCUT2D eigenvalue weighted by molar-refractivity contribution is -0.146. The average molecular weight is 837 g/mol. The molecule has 9 rings (SSSR count). The normalized spacial score (nSPS) is 25.7. The molecule has 2 aromatic carbocycles. The Morgan fingerprint density at radius 3 is 2.38 bits per heavy atom. The number of anilines is 1. The van der Waals surface area contributed by atoms with E-state index in [1.807, 2.05) is 61.7 Å². The Labute approximate surface area is 352 Å². The second-order valence-corrected chi connectivity index (χ2v) is 17.6. The third kappa shape index (κ3) is 8.43. The maximum atomic E-state index is 14.9. The molecule has 4 atom stereocenters. The largest absolute Gasteiger partial charge is 0.490 e. The summed E-state index contributed by atoms with van der Waals surface area (Å²) in [6, 6.07) is 20.2. The number of rotatable bonds is 11. The standard InChI is InChI=1S/C47H51F3N6O5/c1-29-22-31-24-32(23-29)46(26-31,44(58)59)54-43(57)38-14-15-40(53-42(38)47(48,49)50)39-27-56(33-8-10-34(11-9-33)60-28-30-6-3-2-4-7-30)41-25-36(12-13-37(39)41)61-35-16-20-55(21-17-35)45-51-18-5-19-52-45/h2-7,12-15,18-19,25,27,29,31-35H,8-11,16-17,20-24,26,28H2,1H3,(H,54,57)(H,58,59). The third-order valence-corrected chi connectivity index (χ3v) is 13.5. The number of piperidine rings is 1. The van der Waals surface area contributed by atoms with Gasteiger partial charge in [-0.05, 0) is 105 Å². The van der Waals surface area contributed by atoms with E-state index in [1.165, 1.54) is 6.07 Å². The fraction of sp³-hybridized carbons (Fsp3) is 0.468. The number of alkyl halides is 3. The molecular weight excluding hydrogens is 786 g/mol. The zero-order chi connectivity index (χ0) is 42.3. The molecule has 4 heterocycles. The molecule has 2 bridgehead atoms. The zero-order valence-corrected chi connectivity index (χ0v) is 34.2. The molecule has 1 saturated heterocycles. The topological polar surface area (TPSA) is 132 Å².